The Hall–Kier alpha value is -1.39. The number of nitrogens with one attached hydrogen (secondary N) is 1. The minimum Gasteiger partial charge on any atom is -0.328 e. The van der Waals surface area contributed by atoms with Gasteiger partial charge in [-0.3, -0.25) is 9.59 Å². The summed E-state index contributed by atoms with van der Waals surface area (Å²) in [4.78, 5) is 23.5. The van der Waals surface area contributed by atoms with Crippen LogP contribution in [0.1, 0.15) is 48.5 Å². The molecule has 1 aliphatic rings. The molecule has 1 aromatic carbocycles. The van der Waals surface area contributed by atoms with Crippen LogP contribution in [0.5, 0.6) is 0 Å². The van der Waals surface area contributed by atoms with Crippen LogP contribution in [0.15, 0.2) is 18.2 Å². The van der Waals surface area contributed by atoms with Gasteiger partial charge in [-0.25, -0.2) is 0 Å². The molecule has 1 atom stereocenters. The topological polar surface area (TPSA) is 72.2 Å². The molecule has 0 saturated carbocycles. The van der Waals surface area contributed by atoms with E-state index in [0.29, 0.717) is 24.9 Å². The standard InChI is InChI=1S/C15H20N2O2.ClH/c1-10(16)5-8-15(19)17-12-7-6-11-3-2-4-14(18)13(11)9-12;/h6-7,9-10H,2-5,8,16H2,1H3,(H,17,19);1H. The van der Waals surface area contributed by atoms with E-state index < -0.39 is 0 Å². The Bertz CT molecular complexity index is 501. The fraction of sp³-hybridized carbons (Fsp3) is 0.467. The first kappa shape index (κ1) is 16.7. The van der Waals surface area contributed by atoms with Gasteiger partial charge in [-0.15, -0.1) is 12.4 Å². The quantitative estimate of drug-likeness (QED) is 0.897. The van der Waals surface area contributed by atoms with Gasteiger partial charge in [-0.1, -0.05) is 6.07 Å². The van der Waals surface area contributed by atoms with Gasteiger partial charge in [-0.2, -0.15) is 0 Å². The van der Waals surface area contributed by atoms with Crippen molar-refractivity contribution in [3.8, 4) is 0 Å². The maximum absolute atomic E-state index is 11.8. The van der Waals surface area contributed by atoms with Gasteiger partial charge >= 0.3 is 0 Å². The molecular weight excluding hydrogens is 276 g/mol. The fourth-order valence-electron chi connectivity index (χ4n) is 2.29. The molecule has 2 rings (SSSR count). The highest BCUT2D eigenvalue weighted by atomic mass is 35.5. The van der Waals surface area contributed by atoms with Crippen LogP contribution in [0.3, 0.4) is 0 Å². The second-order valence-corrected chi connectivity index (χ2v) is 5.21. The van der Waals surface area contributed by atoms with Crippen LogP contribution in [0, 0.1) is 0 Å². The van der Waals surface area contributed by atoms with Crippen molar-refractivity contribution in [1.29, 1.82) is 0 Å². The number of nitrogens with two attached hydrogens (primary N) is 1. The highest BCUT2D eigenvalue weighted by Gasteiger charge is 2.17. The van der Waals surface area contributed by atoms with E-state index in [4.69, 9.17) is 5.73 Å². The summed E-state index contributed by atoms with van der Waals surface area (Å²) in [5.41, 5.74) is 8.16. The highest BCUT2D eigenvalue weighted by Crippen LogP contribution is 2.24. The maximum Gasteiger partial charge on any atom is 0.224 e. The molecule has 0 heterocycles. The zero-order valence-corrected chi connectivity index (χ0v) is 12.5. The van der Waals surface area contributed by atoms with Gasteiger partial charge in [0, 0.05) is 30.1 Å². The molecule has 0 radical (unpaired) electrons. The van der Waals surface area contributed by atoms with E-state index in [1.165, 1.54) is 0 Å². The van der Waals surface area contributed by atoms with E-state index in [-0.39, 0.29) is 30.1 Å². The van der Waals surface area contributed by atoms with Gasteiger partial charge < -0.3 is 11.1 Å². The van der Waals surface area contributed by atoms with Crippen LogP contribution in [-0.2, 0) is 11.2 Å². The third-order valence-electron chi connectivity index (χ3n) is 3.37. The van der Waals surface area contributed by atoms with Crippen molar-refractivity contribution >= 4 is 29.8 Å². The molecule has 1 unspecified atom stereocenters. The zero-order chi connectivity index (χ0) is 13.8. The number of carbonyl (C=O) groups is 2. The van der Waals surface area contributed by atoms with Gasteiger partial charge in [0.15, 0.2) is 5.78 Å². The van der Waals surface area contributed by atoms with Crippen molar-refractivity contribution in [2.75, 3.05) is 5.32 Å². The number of Topliss-reactive ketones (excluding diaryl/α,β-unsaturated/α-hetero) is 1. The van der Waals surface area contributed by atoms with Crippen LogP contribution in [0.2, 0.25) is 0 Å². The molecule has 5 heteroatoms. The summed E-state index contributed by atoms with van der Waals surface area (Å²) < 4.78 is 0. The predicted molar refractivity (Wildman–Crippen MR) is 82.5 cm³/mol. The Morgan fingerprint density at radius 3 is 2.85 bits per heavy atom. The molecule has 0 aliphatic heterocycles. The van der Waals surface area contributed by atoms with Gasteiger partial charge in [-0.05, 0) is 43.9 Å². The first-order valence-corrected chi connectivity index (χ1v) is 6.78. The summed E-state index contributed by atoms with van der Waals surface area (Å²) in [6.07, 6.45) is 3.54. The normalized spacial score (nSPS) is 15.0. The van der Waals surface area contributed by atoms with Crippen LogP contribution in [0.25, 0.3) is 0 Å². The Morgan fingerprint density at radius 1 is 1.40 bits per heavy atom. The third kappa shape index (κ3) is 4.32. The molecule has 0 aromatic heterocycles. The lowest BCUT2D eigenvalue weighted by atomic mass is 9.90. The lowest BCUT2D eigenvalue weighted by molar-refractivity contribution is -0.116. The number of hydrogen-bond acceptors (Lipinski definition) is 3. The number of amides is 1. The Labute approximate surface area is 125 Å². The molecule has 20 heavy (non-hydrogen) atoms. The lowest BCUT2D eigenvalue weighted by Gasteiger charge is -2.16. The molecule has 1 aliphatic carbocycles. The number of anilines is 1. The molecule has 0 bridgehead atoms. The number of aryl methyl sites for hydroxylation is 1. The number of fused-ring (bicyclic) bond motifs is 1. The van der Waals surface area contributed by atoms with Crippen molar-refractivity contribution in [3.63, 3.8) is 0 Å². The van der Waals surface area contributed by atoms with Crippen LogP contribution in [0.4, 0.5) is 5.69 Å². The Balaban J connectivity index is 0.00000200. The molecule has 0 saturated heterocycles. The van der Waals surface area contributed by atoms with Gasteiger partial charge in [0.2, 0.25) is 5.91 Å². The van der Waals surface area contributed by atoms with E-state index >= 15 is 0 Å². The van der Waals surface area contributed by atoms with Gasteiger partial charge in [0.25, 0.3) is 0 Å². The summed E-state index contributed by atoms with van der Waals surface area (Å²) >= 11 is 0. The van der Waals surface area contributed by atoms with E-state index in [1.54, 1.807) is 6.07 Å². The number of benzene rings is 1. The maximum atomic E-state index is 11.8. The van der Waals surface area contributed by atoms with Crippen LogP contribution < -0.4 is 11.1 Å². The Kier molecular flexibility index (Phi) is 6.17. The van der Waals surface area contributed by atoms with Crippen molar-refractivity contribution in [1.82, 2.24) is 0 Å². The summed E-state index contributed by atoms with van der Waals surface area (Å²) in [6, 6.07) is 5.62. The average molecular weight is 297 g/mol. The Morgan fingerprint density at radius 2 is 2.15 bits per heavy atom. The molecule has 1 amide bonds. The first-order chi connectivity index (χ1) is 9.06. The van der Waals surface area contributed by atoms with Crippen LogP contribution in [-0.4, -0.2) is 17.7 Å². The highest BCUT2D eigenvalue weighted by molar-refractivity contribution is 6.00. The molecule has 0 spiro atoms. The monoisotopic (exact) mass is 296 g/mol. The SMILES string of the molecule is CC(N)CCC(=O)Nc1ccc2c(c1)C(=O)CCC2.Cl. The number of carbonyl (C=O) groups excluding carboxylic acids is 2. The predicted octanol–water partition coefficient (Wildman–Crippen LogP) is 2.69. The fourth-order valence-corrected chi connectivity index (χ4v) is 2.29. The third-order valence-corrected chi connectivity index (χ3v) is 3.37. The summed E-state index contributed by atoms with van der Waals surface area (Å²) in [7, 11) is 0. The first-order valence-electron chi connectivity index (χ1n) is 6.78. The summed E-state index contributed by atoms with van der Waals surface area (Å²) in [5, 5.41) is 2.82. The summed E-state index contributed by atoms with van der Waals surface area (Å²) in [6.45, 7) is 1.88. The minimum absolute atomic E-state index is 0. The number of hydrogen-bond donors (Lipinski definition) is 2. The second kappa shape index (κ2) is 7.41. The number of ketones is 1. The second-order valence-electron chi connectivity index (χ2n) is 5.21. The molecule has 4 nitrogen and oxygen atoms in total. The van der Waals surface area contributed by atoms with Gasteiger partial charge in [0.05, 0.1) is 0 Å². The zero-order valence-electron chi connectivity index (χ0n) is 11.6. The molecule has 110 valence electrons. The van der Waals surface area contributed by atoms with Crippen LogP contribution >= 0.6 is 12.4 Å². The van der Waals surface area contributed by atoms with E-state index in [0.717, 1.165) is 24.0 Å². The van der Waals surface area contributed by atoms with Crippen molar-refractivity contribution in [2.45, 2.75) is 45.1 Å². The summed E-state index contributed by atoms with van der Waals surface area (Å²) in [5.74, 6) is 0.119. The van der Waals surface area contributed by atoms with Crippen molar-refractivity contribution in [2.24, 2.45) is 5.73 Å². The molecule has 0 fully saturated rings. The smallest absolute Gasteiger partial charge is 0.224 e. The average Bonchev–Trinajstić information content (AvgIpc) is 2.37. The minimum atomic E-state index is -0.0551. The molecular formula is C15H21ClN2O2. The van der Waals surface area contributed by atoms with E-state index in [9.17, 15) is 9.59 Å². The van der Waals surface area contributed by atoms with Gasteiger partial charge in [0.1, 0.15) is 0 Å². The number of halogens is 1. The number of rotatable bonds is 4. The molecule has 3 N–H and O–H groups in total. The van der Waals surface area contributed by atoms with E-state index in [2.05, 4.69) is 5.32 Å². The molecule has 1 aromatic rings. The van der Waals surface area contributed by atoms with Crippen molar-refractivity contribution in [3.05, 3.63) is 29.3 Å². The largest absolute Gasteiger partial charge is 0.328 e. The van der Waals surface area contributed by atoms with E-state index in [1.807, 2.05) is 19.1 Å². The van der Waals surface area contributed by atoms with Crippen molar-refractivity contribution < 1.29 is 9.59 Å². The lowest BCUT2D eigenvalue weighted by Crippen LogP contribution is -2.20.